The lowest BCUT2D eigenvalue weighted by molar-refractivity contribution is 0.552. The quantitative estimate of drug-likeness (QED) is 0.736. The van der Waals surface area contributed by atoms with E-state index in [2.05, 4.69) is 0 Å². The van der Waals surface area contributed by atoms with Gasteiger partial charge < -0.3 is 0 Å². The van der Waals surface area contributed by atoms with Crippen LogP contribution in [-0.2, 0) is 20.0 Å². The van der Waals surface area contributed by atoms with Crippen LogP contribution in [0.15, 0.2) is 58.3 Å². The Kier molecular flexibility index (Phi) is 5.06. The third-order valence-electron chi connectivity index (χ3n) is 2.60. The van der Waals surface area contributed by atoms with E-state index < -0.39 is 20.0 Å². The van der Waals surface area contributed by atoms with Gasteiger partial charge >= 0.3 is 0 Å². The van der Waals surface area contributed by atoms with Gasteiger partial charge in [-0.2, -0.15) is 0 Å². The molecule has 2 aromatic rings. The van der Waals surface area contributed by atoms with Gasteiger partial charge in [0.15, 0.2) is 0 Å². The van der Waals surface area contributed by atoms with Crippen LogP contribution in [0.2, 0.25) is 10.0 Å². The molecule has 0 bridgehead atoms. The van der Waals surface area contributed by atoms with Crippen molar-refractivity contribution in [3.63, 3.8) is 0 Å². The molecular weight excluding hydrogens is 393 g/mol. The highest BCUT2D eigenvalue weighted by Crippen LogP contribution is 2.27. The molecule has 0 spiro atoms. The number of benzene rings is 2. The molecule has 0 heterocycles. The first-order valence-corrected chi connectivity index (χ1v) is 9.60. The summed E-state index contributed by atoms with van der Waals surface area (Å²) < 4.78 is 48.9. The summed E-state index contributed by atoms with van der Waals surface area (Å²) in [5.74, 6) is 0. The molecule has 0 aliphatic carbocycles. The lowest BCUT2D eigenvalue weighted by atomic mass is 10.4. The molecule has 22 heavy (non-hydrogen) atoms. The normalized spacial score (nSPS) is 12.5. The minimum atomic E-state index is -4.45. The predicted molar refractivity (Wildman–Crippen MR) is 85.0 cm³/mol. The van der Waals surface area contributed by atoms with E-state index in [-0.39, 0.29) is 13.0 Å². The highest BCUT2D eigenvalue weighted by Gasteiger charge is 2.35. The monoisotopic (exact) mass is 399 g/mol. The molecular formula is C12H8Cl3NO4S2. The maximum atomic E-state index is 12.3. The average Bonchev–Trinajstić information content (AvgIpc) is 2.47. The first-order valence-electron chi connectivity index (χ1n) is 5.63. The Labute approximate surface area is 143 Å². The van der Waals surface area contributed by atoms with E-state index in [1.54, 1.807) is 0 Å². The fourth-order valence-corrected chi connectivity index (χ4v) is 5.08. The Balaban J connectivity index is 2.47. The highest BCUT2D eigenvalue weighted by atomic mass is 35.5. The third-order valence-corrected chi connectivity index (χ3v) is 7.86. The summed E-state index contributed by atoms with van der Waals surface area (Å²) >= 11 is 16.9. The number of halogens is 3. The van der Waals surface area contributed by atoms with Crippen LogP contribution >= 0.6 is 35.0 Å². The first-order chi connectivity index (χ1) is 10.2. The smallest absolute Gasteiger partial charge is 0.205 e. The fraction of sp³-hybridized carbons (Fsp3) is 0. The van der Waals surface area contributed by atoms with Gasteiger partial charge in [-0.25, -0.2) is 16.8 Å². The van der Waals surface area contributed by atoms with Crippen LogP contribution in [0.4, 0.5) is 0 Å². The second-order valence-electron chi connectivity index (χ2n) is 4.07. The van der Waals surface area contributed by atoms with Crippen molar-refractivity contribution in [2.75, 3.05) is 0 Å². The molecule has 0 fully saturated rings. The highest BCUT2D eigenvalue weighted by molar-refractivity contribution is 8.05. The molecule has 0 unspecified atom stereocenters. The van der Waals surface area contributed by atoms with Gasteiger partial charge in [-0.1, -0.05) is 23.2 Å². The Hall–Kier alpha value is -0.830. The Bertz CT molecular complexity index is 803. The molecule has 2 rings (SSSR count). The number of sulfonamides is 2. The Morgan fingerprint density at radius 2 is 0.909 bits per heavy atom. The summed E-state index contributed by atoms with van der Waals surface area (Å²) in [5.41, 5.74) is 0. The fourth-order valence-electron chi connectivity index (χ4n) is 1.51. The zero-order valence-corrected chi connectivity index (χ0v) is 14.6. The van der Waals surface area contributed by atoms with Gasteiger partial charge in [-0.05, 0) is 48.5 Å². The van der Waals surface area contributed by atoms with Crippen molar-refractivity contribution in [2.24, 2.45) is 0 Å². The summed E-state index contributed by atoms with van der Waals surface area (Å²) in [4.78, 5) is -0.603. The zero-order chi connectivity index (χ0) is 16.5. The van der Waals surface area contributed by atoms with Crippen molar-refractivity contribution >= 4 is 55.0 Å². The second kappa shape index (κ2) is 6.35. The summed E-state index contributed by atoms with van der Waals surface area (Å²) in [5, 5.41) is 0.612. The predicted octanol–water partition coefficient (Wildman–Crippen LogP) is 3.53. The van der Waals surface area contributed by atoms with E-state index >= 15 is 0 Å². The van der Waals surface area contributed by atoms with Crippen molar-refractivity contribution in [2.45, 2.75) is 9.79 Å². The van der Waals surface area contributed by atoms with Crippen LogP contribution in [0.25, 0.3) is 0 Å². The number of nitrogens with zero attached hydrogens (tertiary/aromatic N) is 1. The number of hydrogen-bond acceptors (Lipinski definition) is 4. The van der Waals surface area contributed by atoms with E-state index in [0.717, 1.165) is 24.3 Å². The van der Waals surface area contributed by atoms with Gasteiger partial charge in [0.25, 0.3) is 20.0 Å². The topological polar surface area (TPSA) is 71.5 Å². The molecule has 0 aliphatic heterocycles. The summed E-state index contributed by atoms with van der Waals surface area (Å²) in [6.07, 6.45) is 0. The lowest BCUT2D eigenvalue weighted by Crippen LogP contribution is -2.28. The molecule has 0 saturated carbocycles. The molecule has 2 aromatic carbocycles. The summed E-state index contributed by atoms with van der Waals surface area (Å²) in [7, 11) is -8.91. The number of hydrogen-bond donors (Lipinski definition) is 0. The van der Waals surface area contributed by atoms with E-state index in [4.69, 9.17) is 35.0 Å². The zero-order valence-electron chi connectivity index (χ0n) is 10.6. The third kappa shape index (κ3) is 3.40. The van der Waals surface area contributed by atoms with Gasteiger partial charge in [0.05, 0.1) is 9.79 Å². The van der Waals surface area contributed by atoms with Gasteiger partial charge in [-0.3, -0.25) is 0 Å². The van der Waals surface area contributed by atoms with Crippen molar-refractivity contribution in [1.29, 1.82) is 0 Å². The van der Waals surface area contributed by atoms with Gasteiger partial charge in [0.1, 0.15) is 0 Å². The van der Waals surface area contributed by atoms with Crippen LogP contribution in [0.3, 0.4) is 0 Å². The van der Waals surface area contributed by atoms with Crippen molar-refractivity contribution in [1.82, 2.24) is 3.23 Å². The molecule has 0 amide bonds. The molecule has 0 atom stereocenters. The molecule has 0 N–H and O–H groups in total. The molecule has 0 saturated heterocycles. The van der Waals surface area contributed by atoms with Crippen LogP contribution in [-0.4, -0.2) is 20.1 Å². The van der Waals surface area contributed by atoms with E-state index in [1.165, 1.54) is 24.3 Å². The van der Waals surface area contributed by atoms with E-state index in [9.17, 15) is 16.8 Å². The molecule has 118 valence electrons. The van der Waals surface area contributed by atoms with E-state index in [1.807, 2.05) is 0 Å². The van der Waals surface area contributed by atoms with Crippen molar-refractivity contribution in [3.05, 3.63) is 58.6 Å². The molecule has 0 radical (unpaired) electrons. The Morgan fingerprint density at radius 3 is 1.18 bits per heavy atom. The molecule has 0 aliphatic rings. The minimum absolute atomic E-state index is 0.202. The van der Waals surface area contributed by atoms with Crippen LogP contribution in [0.1, 0.15) is 0 Å². The molecule has 5 nitrogen and oxygen atoms in total. The second-order valence-corrected chi connectivity index (χ2v) is 9.49. The standard InChI is InChI=1S/C12H8Cl3NO4S2/c13-9-1-5-11(6-2-9)21(17,18)16(15)22(19,20)12-7-3-10(14)4-8-12/h1-8H. The minimum Gasteiger partial charge on any atom is -0.205 e. The summed E-state index contributed by atoms with van der Waals surface area (Å²) in [6, 6.07) is 9.88. The maximum Gasteiger partial charge on any atom is 0.270 e. The van der Waals surface area contributed by atoms with Crippen molar-refractivity contribution in [3.8, 4) is 0 Å². The SMILES string of the molecule is O=S(=O)(c1ccc(Cl)cc1)N(Cl)S(=O)(=O)c1ccc(Cl)cc1. The Morgan fingerprint density at radius 1 is 0.636 bits per heavy atom. The van der Waals surface area contributed by atoms with Gasteiger partial charge in [0.2, 0.25) is 0 Å². The average molecular weight is 401 g/mol. The molecule has 10 heteroatoms. The largest absolute Gasteiger partial charge is 0.270 e. The van der Waals surface area contributed by atoms with Gasteiger partial charge in [0, 0.05) is 25.1 Å². The van der Waals surface area contributed by atoms with Crippen LogP contribution in [0, 0.1) is 0 Å². The molecule has 0 aromatic heterocycles. The van der Waals surface area contributed by atoms with Crippen LogP contribution < -0.4 is 0 Å². The number of rotatable bonds is 4. The maximum absolute atomic E-state index is 12.3. The van der Waals surface area contributed by atoms with Gasteiger partial charge in [-0.15, -0.1) is 0 Å². The first kappa shape index (κ1) is 17.5. The van der Waals surface area contributed by atoms with E-state index in [0.29, 0.717) is 10.0 Å². The summed E-state index contributed by atoms with van der Waals surface area (Å²) in [6.45, 7) is 0. The lowest BCUT2D eigenvalue weighted by Gasteiger charge is -2.14. The van der Waals surface area contributed by atoms with Crippen molar-refractivity contribution < 1.29 is 16.8 Å². The van der Waals surface area contributed by atoms with Crippen LogP contribution in [0.5, 0.6) is 0 Å².